The maximum absolute atomic E-state index is 11.6. The number of carboxylic acids is 1. The maximum Gasteiger partial charge on any atom is 0.303 e. The Morgan fingerprint density at radius 2 is 1.23 bits per heavy atom. The number of carbonyl (C=O) groups is 1. The minimum atomic E-state index is -0.737. The molecule has 1 atom stereocenters. The monoisotopic (exact) mass is 488 g/mol. The van der Waals surface area contributed by atoms with Crippen molar-refractivity contribution in [2.45, 2.75) is 162 Å². The van der Waals surface area contributed by atoms with Crippen LogP contribution < -0.4 is 0 Å². The Morgan fingerprint density at radius 1 is 0.771 bits per heavy atom. The Bertz CT molecular complexity index is 701. The molecular weight excluding hydrogens is 432 g/mol. The zero-order valence-electron chi connectivity index (χ0n) is 23.8. The molecule has 0 bridgehead atoms. The molecule has 0 aliphatic heterocycles. The molecule has 3 nitrogen and oxygen atoms in total. The number of hydrogen-bond acceptors (Lipinski definition) is 2. The molecule has 202 valence electrons. The topological polar surface area (TPSA) is 57.5 Å². The lowest BCUT2D eigenvalue weighted by Crippen LogP contribution is -2.14. The number of hydrogen-bond donors (Lipinski definition) is 2. The van der Waals surface area contributed by atoms with Gasteiger partial charge in [-0.15, -0.1) is 0 Å². The molecule has 35 heavy (non-hydrogen) atoms. The first-order valence-electron chi connectivity index (χ1n) is 14.8. The van der Waals surface area contributed by atoms with Gasteiger partial charge in [-0.3, -0.25) is 4.79 Å². The standard InChI is InChI=1S/C32H56O3/c1-6-8-9-10-11-12-13-14-15-16-17-18-19-20-21-22-27(25-30(33)34)28-23-26(7-2)31(35)29(24-28)32(3,4)5/h23-24,27,35H,6-22,25H2,1-5H3,(H,33,34). The largest absolute Gasteiger partial charge is 0.507 e. The van der Waals surface area contributed by atoms with E-state index in [-0.39, 0.29) is 17.8 Å². The molecule has 0 saturated heterocycles. The fraction of sp³-hybridized carbons (Fsp3) is 0.781. The van der Waals surface area contributed by atoms with Crippen LogP contribution in [0.25, 0.3) is 0 Å². The van der Waals surface area contributed by atoms with E-state index in [1.54, 1.807) is 0 Å². The molecule has 0 spiro atoms. The van der Waals surface area contributed by atoms with Gasteiger partial charge in [0.1, 0.15) is 5.75 Å². The summed E-state index contributed by atoms with van der Waals surface area (Å²) in [5.74, 6) is -0.342. The highest BCUT2D eigenvalue weighted by atomic mass is 16.4. The Labute approximate surface area is 217 Å². The van der Waals surface area contributed by atoms with Crippen LogP contribution in [0.2, 0.25) is 0 Å². The van der Waals surface area contributed by atoms with Crippen LogP contribution in [0, 0.1) is 0 Å². The van der Waals surface area contributed by atoms with Gasteiger partial charge in [0.2, 0.25) is 0 Å². The molecule has 0 fully saturated rings. The molecule has 1 rings (SSSR count). The van der Waals surface area contributed by atoms with E-state index >= 15 is 0 Å². The summed E-state index contributed by atoms with van der Waals surface area (Å²) in [6.07, 6.45) is 21.9. The van der Waals surface area contributed by atoms with E-state index in [0.29, 0.717) is 5.75 Å². The van der Waals surface area contributed by atoms with Crippen LogP contribution in [0.3, 0.4) is 0 Å². The zero-order chi connectivity index (χ0) is 26.1. The molecule has 0 amide bonds. The van der Waals surface area contributed by atoms with Crippen LogP contribution in [-0.4, -0.2) is 16.2 Å². The van der Waals surface area contributed by atoms with Gasteiger partial charge >= 0.3 is 5.97 Å². The Kier molecular flexibility index (Phi) is 16.1. The smallest absolute Gasteiger partial charge is 0.303 e. The highest BCUT2D eigenvalue weighted by Crippen LogP contribution is 2.38. The third kappa shape index (κ3) is 13.4. The lowest BCUT2D eigenvalue weighted by atomic mass is 9.80. The van der Waals surface area contributed by atoms with Crippen molar-refractivity contribution in [2.75, 3.05) is 0 Å². The second-order valence-corrected chi connectivity index (χ2v) is 11.7. The average Bonchev–Trinajstić information content (AvgIpc) is 2.80. The van der Waals surface area contributed by atoms with E-state index in [1.165, 1.54) is 89.9 Å². The summed E-state index contributed by atoms with van der Waals surface area (Å²) < 4.78 is 0. The zero-order valence-corrected chi connectivity index (χ0v) is 23.8. The molecular formula is C32H56O3. The first-order valence-corrected chi connectivity index (χ1v) is 14.8. The van der Waals surface area contributed by atoms with E-state index in [1.807, 2.05) is 13.0 Å². The molecule has 0 heterocycles. The summed E-state index contributed by atoms with van der Waals surface area (Å²) in [6, 6.07) is 4.11. The fourth-order valence-corrected chi connectivity index (χ4v) is 5.16. The highest BCUT2D eigenvalue weighted by molar-refractivity contribution is 5.68. The van der Waals surface area contributed by atoms with Crippen molar-refractivity contribution < 1.29 is 15.0 Å². The number of phenolic OH excluding ortho intramolecular Hbond substituents is 1. The first-order chi connectivity index (χ1) is 16.7. The minimum Gasteiger partial charge on any atom is -0.507 e. The molecule has 1 aromatic carbocycles. The first kappa shape index (κ1) is 31.5. The molecule has 1 unspecified atom stereocenters. The molecule has 0 aliphatic carbocycles. The molecule has 0 aliphatic rings. The third-order valence-corrected chi connectivity index (χ3v) is 7.45. The van der Waals surface area contributed by atoms with Crippen LogP contribution >= 0.6 is 0 Å². The number of aromatic hydroxyl groups is 1. The molecule has 0 radical (unpaired) electrons. The summed E-state index contributed by atoms with van der Waals surface area (Å²) in [7, 11) is 0. The SMILES string of the molecule is CCCCCCCCCCCCCCCCCC(CC(=O)O)c1cc(CC)c(O)c(C(C)(C)C)c1. The summed E-state index contributed by atoms with van der Waals surface area (Å²) in [5, 5.41) is 20.2. The Morgan fingerprint density at radius 3 is 1.63 bits per heavy atom. The van der Waals surface area contributed by atoms with Crippen molar-refractivity contribution in [3.63, 3.8) is 0 Å². The Hall–Kier alpha value is -1.51. The van der Waals surface area contributed by atoms with Crippen molar-refractivity contribution in [3.8, 4) is 5.75 Å². The summed E-state index contributed by atoms with van der Waals surface area (Å²) >= 11 is 0. The lowest BCUT2D eigenvalue weighted by molar-refractivity contribution is -0.137. The summed E-state index contributed by atoms with van der Waals surface area (Å²) in [4.78, 5) is 11.6. The van der Waals surface area contributed by atoms with Gasteiger partial charge in [0, 0.05) is 0 Å². The number of phenols is 1. The van der Waals surface area contributed by atoms with Gasteiger partial charge in [-0.25, -0.2) is 0 Å². The van der Waals surface area contributed by atoms with Crippen LogP contribution in [0.1, 0.15) is 166 Å². The third-order valence-electron chi connectivity index (χ3n) is 7.45. The predicted molar refractivity (Wildman–Crippen MR) is 151 cm³/mol. The van der Waals surface area contributed by atoms with Crippen LogP contribution in [0.4, 0.5) is 0 Å². The quantitative estimate of drug-likeness (QED) is 0.179. The normalized spacial score (nSPS) is 12.7. The number of rotatable bonds is 20. The van der Waals surface area contributed by atoms with Crippen molar-refractivity contribution in [3.05, 3.63) is 28.8 Å². The van der Waals surface area contributed by atoms with Gasteiger partial charge in [0.25, 0.3) is 0 Å². The maximum atomic E-state index is 11.6. The number of carboxylic acid groups (broad SMARTS) is 1. The Balaban J connectivity index is 2.36. The predicted octanol–water partition coefficient (Wildman–Crippen LogP) is 10.1. The van der Waals surface area contributed by atoms with Crippen LogP contribution in [0.15, 0.2) is 12.1 Å². The average molecular weight is 489 g/mol. The van der Waals surface area contributed by atoms with Gasteiger partial charge in [0.15, 0.2) is 0 Å². The van der Waals surface area contributed by atoms with Crippen molar-refractivity contribution in [1.82, 2.24) is 0 Å². The van der Waals surface area contributed by atoms with E-state index in [4.69, 9.17) is 0 Å². The van der Waals surface area contributed by atoms with Gasteiger partial charge < -0.3 is 10.2 Å². The fourth-order valence-electron chi connectivity index (χ4n) is 5.16. The second kappa shape index (κ2) is 17.8. The molecule has 1 aromatic rings. The molecule has 3 heteroatoms. The van der Waals surface area contributed by atoms with Gasteiger partial charge in [-0.2, -0.15) is 0 Å². The number of unbranched alkanes of at least 4 members (excludes halogenated alkanes) is 14. The van der Waals surface area contributed by atoms with Crippen molar-refractivity contribution in [2.24, 2.45) is 0 Å². The number of aryl methyl sites for hydroxylation is 1. The number of aliphatic carboxylic acids is 1. The van der Waals surface area contributed by atoms with Crippen LogP contribution in [-0.2, 0) is 16.6 Å². The van der Waals surface area contributed by atoms with E-state index in [9.17, 15) is 15.0 Å². The summed E-state index contributed by atoms with van der Waals surface area (Å²) in [5.41, 5.74) is 2.77. The van der Waals surface area contributed by atoms with E-state index in [0.717, 1.165) is 36.0 Å². The minimum absolute atomic E-state index is 0.0153. The van der Waals surface area contributed by atoms with E-state index in [2.05, 4.69) is 33.8 Å². The van der Waals surface area contributed by atoms with Crippen molar-refractivity contribution >= 4 is 5.97 Å². The number of benzene rings is 1. The van der Waals surface area contributed by atoms with Crippen LogP contribution in [0.5, 0.6) is 5.75 Å². The highest BCUT2D eigenvalue weighted by Gasteiger charge is 2.24. The van der Waals surface area contributed by atoms with E-state index < -0.39 is 5.97 Å². The molecule has 0 saturated carbocycles. The molecule has 2 N–H and O–H groups in total. The van der Waals surface area contributed by atoms with Gasteiger partial charge in [0.05, 0.1) is 6.42 Å². The second-order valence-electron chi connectivity index (χ2n) is 11.7. The van der Waals surface area contributed by atoms with Gasteiger partial charge in [-0.05, 0) is 40.9 Å². The van der Waals surface area contributed by atoms with Gasteiger partial charge in [-0.1, -0.05) is 143 Å². The lowest BCUT2D eigenvalue weighted by Gasteiger charge is -2.25. The summed E-state index contributed by atoms with van der Waals surface area (Å²) in [6.45, 7) is 10.6. The van der Waals surface area contributed by atoms with Crippen molar-refractivity contribution in [1.29, 1.82) is 0 Å². The molecule has 0 aromatic heterocycles.